The van der Waals surface area contributed by atoms with E-state index in [1.807, 2.05) is 19.9 Å². The van der Waals surface area contributed by atoms with Gasteiger partial charge in [-0.2, -0.15) is 12.6 Å². The Hall–Kier alpha value is -1.21. The lowest BCUT2D eigenvalue weighted by molar-refractivity contribution is 0.485. The maximum absolute atomic E-state index is 5.17. The molecule has 1 N–H and O–H groups in total. The van der Waals surface area contributed by atoms with E-state index in [4.69, 9.17) is 16.6 Å². The number of H-pyrrole nitrogens is 1. The molecule has 0 bridgehead atoms. The van der Waals surface area contributed by atoms with Crippen molar-refractivity contribution in [1.29, 1.82) is 0 Å². The zero-order valence-corrected chi connectivity index (χ0v) is 10.5. The maximum atomic E-state index is 5.17. The average Bonchev–Trinajstić information content (AvgIpc) is 2.62. The summed E-state index contributed by atoms with van der Waals surface area (Å²) in [5.74, 6) is 0.935. The van der Waals surface area contributed by atoms with Crippen molar-refractivity contribution in [2.75, 3.05) is 0 Å². The summed E-state index contributed by atoms with van der Waals surface area (Å²) in [5.41, 5.74) is 1.77. The molecule has 0 saturated carbocycles. The van der Waals surface area contributed by atoms with Crippen molar-refractivity contribution >= 4 is 24.8 Å². The molecular formula is C9H10N4OS2. The summed E-state index contributed by atoms with van der Waals surface area (Å²) in [6.07, 6.45) is 0. The van der Waals surface area contributed by atoms with Gasteiger partial charge < -0.3 is 4.42 Å². The van der Waals surface area contributed by atoms with Gasteiger partial charge in [-0.1, -0.05) is 0 Å². The standard InChI is InChI=1S/C9H10N4OS2/c1-4-3-5(2)11-7(10-4)6(15)8-12-13-9(16)14-8/h3,6,15H,1-2H3,(H,13,16). The number of aryl methyl sites for hydroxylation is 2. The second kappa shape index (κ2) is 4.34. The number of aromatic amines is 1. The molecule has 2 rings (SSSR count). The molecule has 16 heavy (non-hydrogen) atoms. The Morgan fingerprint density at radius 2 is 2.00 bits per heavy atom. The Balaban J connectivity index is 2.40. The van der Waals surface area contributed by atoms with Crippen LogP contribution in [0, 0.1) is 18.7 Å². The minimum atomic E-state index is -0.411. The van der Waals surface area contributed by atoms with Crippen molar-refractivity contribution in [2.45, 2.75) is 19.1 Å². The highest BCUT2D eigenvalue weighted by atomic mass is 32.1. The summed E-state index contributed by atoms with van der Waals surface area (Å²) >= 11 is 9.16. The molecule has 0 aromatic carbocycles. The maximum Gasteiger partial charge on any atom is 0.284 e. The van der Waals surface area contributed by atoms with Crippen molar-refractivity contribution in [1.82, 2.24) is 20.2 Å². The molecule has 0 amide bonds. The third-order valence-corrected chi connectivity index (χ3v) is 2.56. The van der Waals surface area contributed by atoms with Crippen LogP contribution in [0.3, 0.4) is 0 Å². The van der Waals surface area contributed by atoms with Crippen molar-refractivity contribution in [3.8, 4) is 0 Å². The van der Waals surface area contributed by atoms with E-state index in [0.717, 1.165) is 11.4 Å². The molecule has 0 saturated heterocycles. The van der Waals surface area contributed by atoms with E-state index in [1.54, 1.807) is 0 Å². The normalized spacial score (nSPS) is 12.7. The first kappa shape index (κ1) is 11.3. The SMILES string of the molecule is Cc1cc(C)nc(C(S)c2n[nH]c(=S)o2)n1. The van der Waals surface area contributed by atoms with Crippen molar-refractivity contribution in [2.24, 2.45) is 0 Å². The van der Waals surface area contributed by atoms with Crippen molar-refractivity contribution in [3.05, 3.63) is 34.0 Å². The fraction of sp³-hybridized carbons (Fsp3) is 0.333. The monoisotopic (exact) mass is 254 g/mol. The third kappa shape index (κ3) is 2.30. The van der Waals surface area contributed by atoms with Crippen LogP contribution in [0.2, 0.25) is 0 Å². The Kier molecular flexibility index (Phi) is 3.06. The van der Waals surface area contributed by atoms with E-state index in [2.05, 4.69) is 32.8 Å². The van der Waals surface area contributed by atoms with Gasteiger partial charge in [-0.05, 0) is 32.1 Å². The molecule has 0 spiro atoms. The highest BCUT2D eigenvalue weighted by molar-refractivity contribution is 7.80. The summed E-state index contributed by atoms with van der Waals surface area (Å²) in [6, 6.07) is 1.89. The van der Waals surface area contributed by atoms with Crippen molar-refractivity contribution in [3.63, 3.8) is 0 Å². The Morgan fingerprint density at radius 3 is 2.50 bits per heavy atom. The van der Waals surface area contributed by atoms with Crippen LogP contribution in [0.5, 0.6) is 0 Å². The zero-order valence-electron chi connectivity index (χ0n) is 8.76. The van der Waals surface area contributed by atoms with Gasteiger partial charge in [0.1, 0.15) is 5.25 Å². The second-order valence-corrected chi connectivity index (χ2v) is 4.25. The average molecular weight is 254 g/mol. The highest BCUT2D eigenvalue weighted by Gasteiger charge is 2.18. The lowest BCUT2D eigenvalue weighted by Crippen LogP contribution is -2.03. The van der Waals surface area contributed by atoms with Gasteiger partial charge in [-0.15, -0.1) is 5.10 Å². The zero-order chi connectivity index (χ0) is 11.7. The summed E-state index contributed by atoms with van der Waals surface area (Å²) in [4.78, 5) is 8.79. The fourth-order valence-electron chi connectivity index (χ4n) is 1.34. The molecule has 5 nitrogen and oxygen atoms in total. The van der Waals surface area contributed by atoms with Gasteiger partial charge in [-0.3, -0.25) is 0 Å². The van der Waals surface area contributed by atoms with Crippen LogP contribution in [-0.2, 0) is 0 Å². The van der Waals surface area contributed by atoms with Gasteiger partial charge >= 0.3 is 0 Å². The molecule has 2 aromatic heterocycles. The van der Waals surface area contributed by atoms with Crippen LogP contribution in [0.25, 0.3) is 0 Å². The smallest absolute Gasteiger partial charge is 0.284 e. The number of aromatic nitrogens is 4. The number of thiol groups is 1. The molecule has 7 heteroatoms. The largest absolute Gasteiger partial charge is 0.412 e. The van der Waals surface area contributed by atoms with Crippen molar-refractivity contribution < 1.29 is 4.42 Å². The van der Waals surface area contributed by atoms with Crippen LogP contribution in [0.15, 0.2) is 10.5 Å². The quantitative estimate of drug-likeness (QED) is 0.635. The first-order valence-corrected chi connectivity index (χ1v) is 5.54. The lowest BCUT2D eigenvalue weighted by atomic mass is 10.3. The summed E-state index contributed by atoms with van der Waals surface area (Å²) in [6.45, 7) is 3.80. The Labute approximate surface area is 103 Å². The molecule has 1 atom stereocenters. The number of hydrogen-bond donors (Lipinski definition) is 2. The molecule has 2 aromatic rings. The summed E-state index contributed by atoms with van der Waals surface area (Å²) in [5, 5.41) is 6.03. The lowest BCUT2D eigenvalue weighted by Gasteiger charge is -2.06. The minimum Gasteiger partial charge on any atom is -0.412 e. The van der Waals surface area contributed by atoms with E-state index >= 15 is 0 Å². The first-order chi connectivity index (χ1) is 7.56. The van der Waals surface area contributed by atoms with Gasteiger partial charge in [-0.25, -0.2) is 15.1 Å². The number of rotatable bonds is 2. The van der Waals surface area contributed by atoms with Crippen LogP contribution in [-0.4, -0.2) is 20.2 Å². The van der Waals surface area contributed by atoms with Crippen LogP contribution < -0.4 is 0 Å². The molecule has 0 aliphatic heterocycles. The molecule has 84 valence electrons. The van der Waals surface area contributed by atoms with Crippen LogP contribution >= 0.6 is 24.8 Å². The molecule has 0 aliphatic carbocycles. The van der Waals surface area contributed by atoms with E-state index in [-0.39, 0.29) is 4.84 Å². The summed E-state index contributed by atoms with van der Waals surface area (Å²) in [7, 11) is 0. The Morgan fingerprint density at radius 1 is 1.38 bits per heavy atom. The highest BCUT2D eigenvalue weighted by Crippen LogP contribution is 2.23. The molecular weight excluding hydrogens is 244 g/mol. The number of nitrogens with one attached hydrogen (secondary N) is 1. The van der Waals surface area contributed by atoms with E-state index in [9.17, 15) is 0 Å². The van der Waals surface area contributed by atoms with E-state index in [0.29, 0.717) is 11.7 Å². The second-order valence-electron chi connectivity index (χ2n) is 3.36. The van der Waals surface area contributed by atoms with Gasteiger partial charge in [0.15, 0.2) is 5.82 Å². The van der Waals surface area contributed by atoms with E-state index < -0.39 is 5.25 Å². The number of hydrogen-bond acceptors (Lipinski definition) is 6. The van der Waals surface area contributed by atoms with E-state index in [1.165, 1.54) is 0 Å². The third-order valence-electron chi connectivity index (χ3n) is 1.93. The number of nitrogens with zero attached hydrogens (tertiary/aromatic N) is 3. The predicted molar refractivity (Wildman–Crippen MR) is 64.0 cm³/mol. The van der Waals surface area contributed by atoms with Gasteiger partial charge in [0, 0.05) is 11.4 Å². The molecule has 0 radical (unpaired) electrons. The molecule has 1 unspecified atom stereocenters. The Bertz CT molecular complexity index is 542. The summed E-state index contributed by atoms with van der Waals surface area (Å²) < 4.78 is 5.17. The van der Waals surface area contributed by atoms with Crippen LogP contribution in [0.1, 0.15) is 28.4 Å². The first-order valence-electron chi connectivity index (χ1n) is 4.62. The molecule has 2 heterocycles. The van der Waals surface area contributed by atoms with Gasteiger partial charge in [0.25, 0.3) is 4.84 Å². The predicted octanol–water partition coefficient (Wildman–Crippen LogP) is 2.16. The fourth-order valence-corrected chi connectivity index (χ4v) is 1.70. The topological polar surface area (TPSA) is 67.6 Å². The van der Waals surface area contributed by atoms with Crippen LogP contribution in [0.4, 0.5) is 0 Å². The minimum absolute atomic E-state index is 0.221. The molecule has 0 aliphatic rings. The molecule has 0 fully saturated rings. The van der Waals surface area contributed by atoms with Gasteiger partial charge in [0.2, 0.25) is 5.89 Å². The van der Waals surface area contributed by atoms with Gasteiger partial charge in [0.05, 0.1) is 0 Å².